The third kappa shape index (κ3) is 3.26. The van der Waals surface area contributed by atoms with Crippen molar-refractivity contribution in [3.63, 3.8) is 0 Å². The summed E-state index contributed by atoms with van der Waals surface area (Å²) in [6, 6.07) is 6.62. The van der Waals surface area contributed by atoms with E-state index in [1.165, 1.54) is 16.8 Å². The van der Waals surface area contributed by atoms with Crippen LogP contribution in [0.3, 0.4) is 0 Å². The lowest BCUT2D eigenvalue weighted by molar-refractivity contribution is -0.00910. The minimum atomic E-state index is 0.0637. The molecule has 0 saturated carbocycles. The fourth-order valence-corrected chi connectivity index (χ4v) is 2.62. The zero-order valence-corrected chi connectivity index (χ0v) is 12.0. The molecule has 1 aliphatic rings. The number of rotatable bonds is 4. The zero-order valence-electron chi connectivity index (χ0n) is 12.0. The summed E-state index contributed by atoms with van der Waals surface area (Å²) in [5, 5.41) is 3.50. The molecule has 100 valence electrons. The molecule has 0 radical (unpaired) electrons. The lowest BCUT2D eigenvalue weighted by Crippen LogP contribution is -2.24. The molecule has 2 heteroatoms. The van der Waals surface area contributed by atoms with E-state index in [1.54, 1.807) is 0 Å². The first-order valence-corrected chi connectivity index (χ1v) is 7.01. The van der Waals surface area contributed by atoms with Gasteiger partial charge in [-0.2, -0.15) is 0 Å². The van der Waals surface area contributed by atoms with Gasteiger partial charge in [-0.05, 0) is 63.3 Å². The summed E-state index contributed by atoms with van der Waals surface area (Å²) in [6.45, 7) is 9.64. The second kappa shape index (κ2) is 5.31. The Morgan fingerprint density at radius 1 is 1.39 bits per heavy atom. The Morgan fingerprint density at radius 2 is 2.17 bits per heavy atom. The highest BCUT2D eigenvalue weighted by atomic mass is 16.5. The highest BCUT2D eigenvalue weighted by molar-refractivity contribution is 5.48. The van der Waals surface area contributed by atoms with Gasteiger partial charge in [-0.3, -0.25) is 0 Å². The molecule has 1 N–H and O–H groups in total. The highest BCUT2D eigenvalue weighted by Gasteiger charge is 2.31. The van der Waals surface area contributed by atoms with E-state index in [0.717, 1.165) is 25.8 Å². The number of hydrogen-bond donors (Lipinski definition) is 1. The van der Waals surface area contributed by atoms with E-state index in [2.05, 4.69) is 51.2 Å². The van der Waals surface area contributed by atoms with Crippen molar-refractivity contribution >= 4 is 5.69 Å². The SMILES string of the molecule is CCc1cc(NCC2CCC(C)(C)O2)ccc1C. The maximum Gasteiger partial charge on any atom is 0.0755 e. The molecular formula is C16H25NO. The van der Waals surface area contributed by atoms with Crippen LogP contribution in [0.25, 0.3) is 0 Å². The summed E-state index contributed by atoms with van der Waals surface area (Å²) >= 11 is 0. The maximum absolute atomic E-state index is 5.99. The van der Waals surface area contributed by atoms with Gasteiger partial charge in [-0.15, -0.1) is 0 Å². The second-order valence-electron chi connectivity index (χ2n) is 5.91. The molecule has 0 spiro atoms. The predicted octanol–water partition coefficient (Wildman–Crippen LogP) is 3.93. The van der Waals surface area contributed by atoms with Crippen molar-refractivity contribution in [2.45, 2.75) is 58.7 Å². The monoisotopic (exact) mass is 247 g/mol. The van der Waals surface area contributed by atoms with Gasteiger partial charge < -0.3 is 10.1 Å². The Hall–Kier alpha value is -1.02. The Kier molecular flexibility index (Phi) is 3.96. The van der Waals surface area contributed by atoms with E-state index in [4.69, 9.17) is 4.74 Å². The molecule has 1 atom stereocenters. The molecule has 1 heterocycles. The number of hydrogen-bond acceptors (Lipinski definition) is 2. The van der Waals surface area contributed by atoms with Crippen molar-refractivity contribution in [1.29, 1.82) is 0 Å². The Balaban J connectivity index is 1.91. The topological polar surface area (TPSA) is 21.3 Å². The van der Waals surface area contributed by atoms with Crippen molar-refractivity contribution in [2.75, 3.05) is 11.9 Å². The van der Waals surface area contributed by atoms with E-state index in [-0.39, 0.29) is 5.60 Å². The van der Waals surface area contributed by atoms with Crippen LogP contribution in [0.2, 0.25) is 0 Å². The van der Waals surface area contributed by atoms with Gasteiger partial charge in [0.2, 0.25) is 0 Å². The van der Waals surface area contributed by atoms with E-state index in [0.29, 0.717) is 6.10 Å². The van der Waals surface area contributed by atoms with Gasteiger partial charge in [0, 0.05) is 12.2 Å². The van der Waals surface area contributed by atoms with E-state index >= 15 is 0 Å². The van der Waals surface area contributed by atoms with Crippen molar-refractivity contribution in [3.8, 4) is 0 Å². The summed E-state index contributed by atoms with van der Waals surface area (Å²) < 4.78 is 5.99. The lowest BCUT2D eigenvalue weighted by Gasteiger charge is -2.20. The largest absolute Gasteiger partial charge is 0.382 e. The molecule has 0 amide bonds. The van der Waals surface area contributed by atoms with Gasteiger partial charge in [0.1, 0.15) is 0 Å². The van der Waals surface area contributed by atoms with Crippen LogP contribution in [-0.2, 0) is 11.2 Å². The van der Waals surface area contributed by atoms with E-state index in [9.17, 15) is 0 Å². The average Bonchev–Trinajstić information content (AvgIpc) is 2.68. The first kappa shape index (κ1) is 13.4. The Morgan fingerprint density at radius 3 is 2.78 bits per heavy atom. The maximum atomic E-state index is 5.99. The van der Waals surface area contributed by atoms with E-state index in [1.807, 2.05) is 0 Å². The summed E-state index contributed by atoms with van der Waals surface area (Å²) in [5.41, 5.74) is 4.08. The van der Waals surface area contributed by atoms with Crippen LogP contribution in [0.1, 0.15) is 44.7 Å². The summed E-state index contributed by atoms with van der Waals surface area (Å²) in [4.78, 5) is 0. The molecule has 1 saturated heterocycles. The van der Waals surface area contributed by atoms with Crippen LogP contribution in [0.5, 0.6) is 0 Å². The zero-order chi connectivity index (χ0) is 13.2. The average molecular weight is 247 g/mol. The standard InChI is InChI=1S/C16H25NO/c1-5-13-10-14(7-6-12(13)2)17-11-15-8-9-16(3,4)18-15/h6-7,10,15,17H,5,8-9,11H2,1-4H3. The molecule has 1 fully saturated rings. The molecule has 18 heavy (non-hydrogen) atoms. The normalized spacial score (nSPS) is 22.1. The predicted molar refractivity (Wildman–Crippen MR) is 77.2 cm³/mol. The smallest absolute Gasteiger partial charge is 0.0755 e. The van der Waals surface area contributed by atoms with Crippen LogP contribution in [0.15, 0.2) is 18.2 Å². The van der Waals surface area contributed by atoms with Crippen molar-refractivity contribution < 1.29 is 4.74 Å². The first-order valence-electron chi connectivity index (χ1n) is 7.01. The first-order chi connectivity index (χ1) is 8.50. The number of ether oxygens (including phenoxy) is 1. The number of benzene rings is 1. The molecule has 2 rings (SSSR count). The molecular weight excluding hydrogens is 222 g/mol. The minimum Gasteiger partial charge on any atom is -0.382 e. The van der Waals surface area contributed by atoms with Gasteiger partial charge in [-0.25, -0.2) is 0 Å². The third-order valence-corrected chi connectivity index (χ3v) is 3.82. The summed E-state index contributed by atoms with van der Waals surface area (Å²) in [5.74, 6) is 0. The number of nitrogens with one attached hydrogen (secondary N) is 1. The lowest BCUT2D eigenvalue weighted by atomic mass is 10.0. The van der Waals surface area contributed by atoms with Crippen LogP contribution in [-0.4, -0.2) is 18.2 Å². The molecule has 1 aliphatic heterocycles. The molecule has 2 nitrogen and oxygen atoms in total. The van der Waals surface area contributed by atoms with E-state index < -0.39 is 0 Å². The highest BCUT2D eigenvalue weighted by Crippen LogP contribution is 2.29. The van der Waals surface area contributed by atoms with Crippen LogP contribution in [0.4, 0.5) is 5.69 Å². The second-order valence-corrected chi connectivity index (χ2v) is 5.91. The van der Waals surface area contributed by atoms with Gasteiger partial charge >= 0.3 is 0 Å². The summed E-state index contributed by atoms with van der Waals surface area (Å²) in [6.07, 6.45) is 3.76. The van der Waals surface area contributed by atoms with Gasteiger partial charge in [0.05, 0.1) is 11.7 Å². The summed E-state index contributed by atoms with van der Waals surface area (Å²) in [7, 11) is 0. The van der Waals surface area contributed by atoms with Gasteiger partial charge in [-0.1, -0.05) is 13.0 Å². The number of anilines is 1. The third-order valence-electron chi connectivity index (χ3n) is 3.82. The quantitative estimate of drug-likeness (QED) is 0.870. The van der Waals surface area contributed by atoms with Crippen LogP contribution in [0, 0.1) is 6.92 Å². The fraction of sp³-hybridized carbons (Fsp3) is 0.625. The number of aryl methyl sites for hydroxylation is 2. The van der Waals surface area contributed by atoms with Crippen molar-refractivity contribution in [2.24, 2.45) is 0 Å². The molecule has 1 aromatic carbocycles. The minimum absolute atomic E-state index is 0.0637. The van der Waals surface area contributed by atoms with Crippen molar-refractivity contribution in [1.82, 2.24) is 0 Å². The van der Waals surface area contributed by atoms with Crippen LogP contribution < -0.4 is 5.32 Å². The molecule has 1 aromatic rings. The van der Waals surface area contributed by atoms with Crippen molar-refractivity contribution in [3.05, 3.63) is 29.3 Å². The fourth-order valence-electron chi connectivity index (χ4n) is 2.62. The molecule has 0 bridgehead atoms. The van der Waals surface area contributed by atoms with Gasteiger partial charge in [0.25, 0.3) is 0 Å². The Labute approximate surface area is 111 Å². The molecule has 0 aliphatic carbocycles. The molecule has 0 aromatic heterocycles. The van der Waals surface area contributed by atoms with Crippen LogP contribution >= 0.6 is 0 Å². The molecule has 1 unspecified atom stereocenters. The Bertz CT molecular complexity index is 412. The van der Waals surface area contributed by atoms with Gasteiger partial charge in [0.15, 0.2) is 0 Å².